The van der Waals surface area contributed by atoms with Crippen LogP contribution in [-0.2, 0) is 0 Å². The largest absolute Gasteiger partial charge is 0.407 e. The van der Waals surface area contributed by atoms with Gasteiger partial charge in [0.25, 0.3) is 0 Å². The second kappa shape index (κ2) is 6.02. The van der Waals surface area contributed by atoms with Gasteiger partial charge in [-0.2, -0.15) is 26.3 Å². The standard InChI is InChI=1S/C10H2Cl4F6O/c11-2-1-3(12)5(13)6(14)4(2)7(21)8(9(15,16)17)10(18,19)20/h1,8H. The summed E-state index contributed by atoms with van der Waals surface area (Å²) in [6.07, 6.45) is -11.7. The van der Waals surface area contributed by atoms with Crippen LogP contribution in [0.25, 0.3) is 0 Å². The normalized spacial score (nSPS) is 12.9. The number of halogens is 10. The van der Waals surface area contributed by atoms with Crippen LogP contribution in [0, 0.1) is 5.92 Å². The second-order valence-corrected chi connectivity index (χ2v) is 5.29. The Hall–Kier alpha value is -0.370. The van der Waals surface area contributed by atoms with Gasteiger partial charge in [-0.25, -0.2) is 0 Å². The fraction of sp³-hybridized carbons (Fsp3) is 0.300. The predicted octanol–water partition coefficient (Wildman–Crippen LogP) is 6.22. The Kier molecular flexibility index (Phi) is 5.36. The van der Waals surface area contributed by atoms with Crippen molar-refractivity contribution in [2.45, 2.75) is 12.4 Å². The molecule has 0 amide bonds. The summed E-state index contributed by atoms with van der Waals surface area (Å²) in [5, 5.41) is -2.54. The first-order chi connectivity index (χ1) is 9.28. The summed E-state index contributed by atoms with van der Waals surface area (Å²) in [6.45, 7) is 0. The van der Waals surface area contributed by atoms with Crippen LogP contribution in [0.1, 0.15) is 10.4 Å². The minimum absolute atomic E-state index is 0.321. The lowest BCUT2D eigenvalue weighted by Crippen LogP contribution is -2.42. The first kappa shape index (κ1) is 18.7. The van der Waals surface area contributed by atoms with E-state index < -0.39 is 44.7 Å². The zero-order valence-corrected chi connectivity index (χ0v) is 12.4. The first-order valence-corrected chi connectivity index (χ1v) is 6.30. The van der Waals surface area contributed by atoms with E-state index in [9.17, 15) is 31.1 Å². The topological polar surface area (TPSA) is 17.1 Å². The van der Waals surface area contributed by atoms with E-state index in [0.29, 0.717) is 0 Å². The van der Waals surface area contributed by atoms with Crippen molar-refractivity contribution < 1.29 is 31.1 Å². The molecular weight excluding hydrogens is 392 g/mol. The van der Waals surface area contributed by atoms with Crippen molar-refractivity contribution in [3.8, 4) is 0 Å². The minimum Gasteiger partial charge on any atom is -0.293 e. The molecule has 0 heterocycles. The molecule has 0 fully saturated rings. The third-order valence-electron chi connectivity index (χ3n) is 2.28. The summed E-state index contributed by atoms with van der Waals surface area (Å²) >= 11 is 21.9. The quantitative estimate of drug-likeness (QED) is 0.252. The van der Waals surface area contributed by atoms with Crippen molar-refractivity contribution in [1.29, 1.82) is 0 Å². The average molecular weight is 394 g/mol. The van der Waals surface area contributed by atoms with E-state index >= 15 is 0 Å². The molecule has 1 nitrogen and oxygen atoms in total. The highest BCUT2D eigenvalue weighted by Crippen LogP contribution is 2.45. The van der Waals surface area contributed by atoms with Crippen LogP contribution in [0.15, 0.2) is 6.07 Å². The lowest BCUT2D eigenvalue weighted by atomic mass is 9.96. The molecule has 0 bridgehead atoms. The van der Waals surface area contributed by atoms with E-state index in [4.69, 9.17) is 46.4 Å². The molecule has 0 aliphatic heterocycles. The highest BCUT2D eigenvalue weighted by Gasteiger charge is 2.61. The summed E-state index contributed by atoms with van der Waals surface area (Å²) in [6, 6.07) is 0.731. The highest BCUT2D eigenvalue weighted by atomic mass is 35.5. The van der Waals surface area contributed by atoms with Gasteiger partial charge >= 0.3 is 12.4 Å². The van der Waals surface area contributed by atoms with E-state index in [1.807, 2.05) is 0 Å². The van der Waals surface area contributed by atoms with Gasteiger partial charge < -0.3 is 0 Å². The van der Waals surface area contributed by atoms with Gasteiger partial charge in [0, 0.05) is 0 Å². The lowest BCUT2D eigenvalue weighted by Gasteiger charge is -2.22. The lowest BCUT2D eigenvalue weighted by molar-refractivity contribution is -0.264. The fourth-order valence-electron chi connectivity index (χ4n) is 1.42. The SMILES string of the molecule is O=C(c1c(Cl)cc(Cl)c(Cl)c1Cl)C(C(F)(F)F)C(F)(F)F. The number of Topliss-reactive ketones (excluding diaryl/α,β-unsaturated/α-hetero) is 1. The van der Waals surface area contributed by atoms with E-state index in [-0.39, 0.29) is 5.02 Å². The van der Waals surface area contributed by atoms with Crippen LogP contribution >= 0.6 is 46.4 Å². The molecule has 1 aromatic rings. The van der Waals surface area contributed by atoms with Crippen LogP contribution in [0.5, 0.6) is 0 Å². The third kappa shape index (κ3) is 3.88. The van der Waals surface area contributed by atoms with Crippen LogP contribution in [0.3, 0.4) is 0 Å². The van der Waals surface area contributed by atoms with Gasteiger partial charge in [0.05, 0.1) is 25.7 Å². The predicted molar refractivity (Wildman–Crippen MR) is 66.4 cm³/mol. The van der Waals surface area contributed by atoms with Gasteiger partial charge in [0.1, 0.15) is 0 Å². The molecule has 0 atom stereocenters. The third-order valence-corrected chi connectivity index (χ3v) is 3.84. The number of rotatable bonds is 2. The van der Waals surface area contributed by atoms with E-state index in [1.165, 1.54) is 0 Å². The molecule has 21 heavy (non-hydrogen) atoms. The van der Waals surface area contributed by atoms with Crippen molar-refractivity contribution >= 4 is 52.2 Å². The Balaban J connectivity index is 3.53. The van der Waals surface area contributed by atoms with Gasteiger partial charge in [-0.05, 0) is 6.07 Å². The van der Waals surface area contributed by atoms with Crippen molar-refractivity contribution in [3.63, 3.8) is 0 Å². The van der Waals surface area contributed by atoms with Crippen molar-refractivity contribution in [2.24, 2.45) is 5.92 Å². The highest BCUT2D eigenvalue weighted by molar-refractivity contribution is 6.51. The zero-order chi connectivity index (χ0) is 16.7. The molecule has 0 aliphatic carbocycles. The number of hydrogen-bond acceptors (Lipinski definition) is 1. The molecule has 0 aliphatic rings. The van der Waals surface area contributed by atoms with Crippen molar-refractivity contribution in [2.75, 3.05) is 0 Å². The molecule has 0 N–H and O–H groups in total. The maximum Gasteiger partial charge on any atom is 0.407 e. The van der Waals surface area contributed by atoms with Gasteiger partial charge in [-0.3, -0.25) is 4.79 Å². The summed E-state index contributed by atoms with van der Waals surface area (Å²) in [4.78, 5) is 11.6. The van der Waals surface area contributed by atoms with Gasteiger partial charge in [0.2, 0.25) is 5.92 Å². The van der Waals surface area contributed by atoms with Crippen LogP contribution in [0.2, 0.25) is 20.1 Å². The summed E-state index contributed by atoms with van der Waals surface area (Å²) < 4.78 is 75.1. The number of benzene rings is 1. The fourth-order valence-corrected chi connectivity index (χ4v) is 2.52. The van der Waals surface area contributed by atoms with Crippen LogP contribution in [-0.4, -0.2) is 18.1 Å². The number of carbonyl (C=O) groups is 1. The summed E-state index contributed by atoms with van der Waals surface area (Å²) in [7, 11) is 0. The number of alkyl halides is 6. The second-order valence-electron chi connectivity index (χ2n) is 3.72. The Labute approximate surface area is 133 Å². The Bertz CT molecular complexity index is 566. The Morgan fingerprint density at radius 3 is 1.67 bits per heavy atom. The molecular formula is C10H2Cl4F6O. The molecule has 0 aromatic heterocycles. The molecule has 11 heteroatoms. The molecule has 1 rings (SSSR count). The Morgan fingerprint density at radius 1 is 0.857 bits per heavy atom. The summed E-state index contributed by atoms with van der Waals surface area (Å²) in [5.41, 5.74) is -1.19. The molecule has 0 saturated heterocycles. The minimum atomic E-state index is -5.87. The van der Waals surface area contributed by atoms with E-state index in [0.717, 1.165) is 6.07 Å². The molecule has 0 spiro atoms. The van der Waals surface area contributed by atoms with Crippen LogP contribution in [0.4, 0.5) is 26.3 Å². The maximum absolute atomic E-state index is 12.5. The zero-order valence-electron chi connectivity index (χ0n) is 9.34. The average Bonchev–Trinajstić information content (AvgIpc) is 2.21. The smallest absolute Gasteiger partial charge is 0.293 e. The molecule has 0 radical (unpaired) electrons. The van der Waals surface area contributed by atoms with Gasteiger partial charge in [-0.1, -0.05) is 46.4 Å². The van der Waals surface area contributed by atoms with Crippen molar-refractivity contribution in [3.05, 3.63) is 31.7 Å². The molecule has 118 valence electrons. The number of ketones is 1. The maximum atomic E-state index is 12.5. The van der Waals surface area contributed by atoms with Gasteiger partial charge in [0.15, 0.2) is 5.78 Å². The monoisotopic (exact) mass is 392 g/mol. The Morgan fingerprint density at radius 2 is 1.29 bits per heavy atom. The molecule has 0 saturated carbocycles. The van der Waals surface area contributed by atoms with Gasteiger partial charge in [-0.15, -0.1) is 0 Å². The van der Waals surface area contributed by atoms with Crippen molar-refractivity contribution in [1.82, 2.24) is 0 Å². The number of carbonyl (C=O) groups excluding carboxylic acids is 1. The molecule has 0 unspecified atom stereocenters. The van der Waals surface area contributed by atoms with Crippen LogP contribution < -0.4 is 0 Å². The molecule has 1 aromatic carbocycles. The first-order valence-electron chi connectivity index (χ1n) is 4.79. The van der Waals surface area contributed by atoms with E-state index in [1.54, 1.807) is 0 Å². The number of hydrogen-bond donors (Lipinski definition) is 0. The van der Waals surface area contributed by atoms with E-state index in [2.05, 4.69) is 0 Å². The summed E-state index contributed by atoms with van der Waals surface area (Å²) in [5.74, 6) is -6.62.